The fourth-order valence-corrected chi connectivity index (χ4v) is 4.03. The zero-order valence-corrected chi connectivity index (χ0v) is 11.5. The van der Waals surface area contributed by atoms with E-state index in [2.05, 4.69) is 44.7 Å². The monoisotopic (exact) mass is 229 g/mol. The van der Waals surface area contributed by atoms with E-state index in [1.807, 2.05) is 0 Å². The van der Waals surface area contributed by atoms with Crippen LogP contribution in [0.2, 0.25) is 0 Å². The minimum absolute atomic E-state index is 0.744. The van der Waals surface area contributed by atoms with Crippen molar-refractivity contribution in [3.63, 3.8) is 0 Å². The van der Waals surface area contributed by atoms with Crippen molar-refractivity contribution in [2.24, 2.45) is 5.92 Å². The van der Waals surface area contributed by atoms with E-state index >= 15 is 0 Å². The predicted molar refractivity (Wildman–Crippen MR) is 72.5 cm³/mol. The van der Waals surface area contributed by atoms with E-state index in [-0.39, 0.29) is 0 Å². The van der Waals surface area contributed by atoms with Crippen LogP contribution in [-0.2, 0) is 0 Å². The fraction of sp³-hybridized carbons (Fsp3) is 0.625. The summed E-state index contributed by atoms with van der Waals surface area (Å²) in [7, 11) is 0. The van der Waals surface area contributed by atoms with Crippen LogP contribution >= 0.6 is 0 Å². The Bertz CT molecular complexity index is 447. The van der Waals surface area contributed by atoms with Gasteiger partial charge in [0.25, 0.3) is 0 Å². The van der Waals surface area contributed by atoms with Crippen LogP contribution in [0.1, 0.15) is 41.5 Å². The summed E-state index contributed by atoms with van der Waals surface area (Å²) in [5.41, 5.74) is 6.04. The number of benzene rings is 1. The van der Waals surface area contributed by atoms with Crippen molar-refractivity contribution in [1.82, 2.24) is 4.90 Å². The van der Waals surface area contributed by atoms with Crippen LogP contribution in [0.15, 0.2) is 12.1 Å². The first-order valence-corrected chi connectivity index (χ1v) is 6.89. The highest BCUT2D eigenvalue weighted by Crippen LogP contribution is 2.45. The number of hydrogen-bond acceptors (Lipinski definition) is 1. The summed E-state index contributed by atoms with van der Waals surface area (Å²) in [6, 6.07) is 5.50. The fourth-order valence-electron chi connectivity index (χ4n) is 4.03. The Labute approximate surface area is 105 Å². The van der Waals surface area contributed by atoms with Crippen LogP contribution in [0.4, 0.5) is 0 Å². The third kappa shape index (κ3) is 1.63. The van der Waals surface area contributed by atoms with E-state index in [1.54, 1.807) is 5.56 Å². The molecule has 2 fully saturated rings. The zero-order chi connectivity index (χ0) is 12.2. The van der Waals surface area contributed by atoms with Crippen molar-refractivity contribution in [3.05, 3.63) is 34.4 Å². The van der Waals surface area contributed by atoms with Gasteiger partial charge in [-0.3, -0.25) is 4.90 Å². The van der Waals surface area contributed by atoms with Gasteiger partial charge in [0.1, 0.15) is 0 Å². The van der Waals surface area contributed by atoms with E-state index in [0.717, 1.165) is 17.9 Å². The predicted octanol–water partition coefficient (Wildman–Crippen LogP) is 3.42. The highest BCUT2D eigenvalue weighted by molar-refractivity contribution is 5.41. The first kappa shape index (κ1) is 11.3. The lowest BCUT2D eigenvalue weighted by molar-refractivity contribution is 0.256. The van der Waals surface area contributed by atoms with Crippen molar-refractivity contribution < 1.29 is 0 Å². The number of rotatable bonds is 1. The lowest BCUT2D eigenvalue weighted by atomic mass is 9.78. The number of hydrogen-bond donors (Lipinski definition) is 0. The summed E-state index contributed by atoms with van der Waals surface area (Å²) in [6.07, 6.45) is 1.40. The molecule has 2 aliphatic rings. The van der Waals surface area contributed by atoms with Crippen LogP contribution in [-0.4, -0.2) is 24.0 Å². The van der Waals surface area contributed by atoms with Gasteiger partial charge >= 0.3 is 0 Å². The van der Waals surface area contributed by atoms with Gasteiger partial charge in [0.05, 0.1) is 0 Å². The van der Waals surface area contributed by atoms with E-state index < -0.39 is 0 Å². The van der Waals surface area contributed by atoms with Crippen molar-refractivity contribution >= 4 is 0 Å². The lowest BCUT2D eigenvalue weighted by Gasteiger charge is -2.31. The second kappa shape index (κ2) is 3.84. The Kier molecular flexibility index (Phi) is 2.55. The van der Waals surface area contributed by atoms with Crippen LogP contribution in [0.25, 0.3) is 0 Å². The zero-order valence-electron chi connectivity index (χ0n) is 11.5. The van der Waals surface area contributed by atoms with Gasteiger partial charge in [-0.1, -0.05) is 17.7 Å². The molecule has 2 heterocycles. The van der Waals surface area contributed by atoms with Crippen LogP contribution in [0.3, 0.4) is 0 Å². The molecule has 3 rings (SSSR count). The molecule has 1 heteroatoms. The molecule has 0 saturated carbocycles. The molecular formula is C16H23N. The molecular weight excluding hydrogens is 206 g/mol. The van der Waals surface area contributed by atoms with E-state index in [1.165, 1.54) is 36.2 Å². The van der Waals surface area contributed by atoms with Crippen molar-refractivity contribution in [2.45, 2.75) is 46.1 Å². The van der Waals surface area contributed by atoms with Gasteiger partial charge in [-0.05, 0) is 63.3 Å². The Balaban J connectivity index is 2.05. The summed E-state index contributed by atoms with van der Waals surface area (Å²) in [6.45, 7) is 11.9. The molecule has 0 radical (unpaired) electrons. The summed E-state index contributed by atoms with van der Waals surface area (Å²) >= 11 is 0. The number of piperidine rings is 1. The topological polar surface area (TPSA) is 3.24 Å². The maximum atomic E-state index is 2.67. The van der Waals surface area contributed by atoms with Gasteiger partial charge in [0.15, 0.2) is 0 Å². The van der Waals surface area contributed by atoms with Gasteiger partial charge in [0, 0.05) is 18.5 Å². The highest BCUT2D eigenvalue weighted by Gasteiger charge is 2.44. The number of aryl methyl sites for hydroxylation is 2. The minimum atomic E-state index is 0.744. The van der Waals surface area contributed by atoms with Gasteiger partial charge in [0.2, 0.25) is 0 Å². The third-order valence-corrected chi connectivity index (χ3v) is 5.07. The van der Waals surface area contributed by atoms with E-state index in [4.69, 9.17) is 0 Å². The summed E-state index contributed by atoms with van der Waals surface area (Å²) in [5, 5.41) is 0. The molecule has 1 aromatic rings. The van der Waals surface area contributed by atoms with Crippen LogP contribution in [0.5, 0.6) is 0 Å². The Hall–Kier alpha value is -0.820. The number of nitrogens with zero attached hydrogens (tertiary/aromatic N) is 1. The second-order valence-corrected chi connectivity index (χ2v) is 6.11. The van der Waals surface area contributed by atoms with Crippen molar-refractivity contribution in [1.29, 1.82) is 0 Å². The Morgan fingerprint density at radius 1 is 1.18 bits per heavy atom. The normalized spacial score (nSPS) is 35.5. The largest absolute Gasteiger partial charge is 0.300 e. The molecule has 0 amide bonds. The molecule has 0 aliphatic carbocycles. The summed E-state index contributed by atoms with van der Waals surface area (Å²) in [5.74, 6) is 1.69. The minimum Gasteiger partial charge on any atom is -0.300 e. The molecule has 17 heavy (non-hydrogen) atoms. The van der Waals surface area contributed by atoms with E-state index in [9.17, 15) is 0 Å². The molecule has 92 valence electrons. The van der Waals surface area contributed by atoms with Gasteiger partial charge in [-0.15, -0.1) is 0 Å². The smallest absolute Gasteiger partial charge is 0.0139 e. The molecule has 2 bridgehead atoms. The highest BCUT2D eigenvalue weighted by atomic mass is 15.2. The molecule has 2 saturated heterocycles. The van der Waals surface area contributed by atoms with Gasteiger partial charge in [-0.2, -0.15) is 0 Å². The average Bonchev–Trinajstić information content (AvgIpc) is 2.84. The van der Waals surface area contributed by atoms with Crippen LogP contribution in [0, 0.1) is 26.7 Å². The standard InChI is InChI=1S/C16H23N/c1-10-7-11(2)12(3)15(8-10)16-13(4)17-6-5-14(16)9-17/h7-8,13-14,16H,5-6,9H2,1-4H3/t13-,14?,16?/m1/s1. The lowest BCUT2D eigenvalue weighted by Crippen LogP contribution is -2.32. The molecule has 4 atom stereocenters. The first-order valence-electron chi connectivity index (χ1n) is 6.89. The summed E-state index contributed by atoms with van der Waals surface area (Å²) in [4.78, 5) is 2.67. The number of fused-ring (bicyclic) bond motifs is 2. The average molecular weight is 229 g/mol. The maximum Gasteiger partial charge on any atom is 0.0139 e. The summed E-state index contributed by atoms with van der Waals surface area (Å²) < 4.78 is 0. The molecule has 0 spiro atoms. The van der Waals surface area contributed by atoms with Gasteiger partial charge in [-0.25, -0.2) is 0 Å². The van der Waals surface area contributed by atoms with Crippen LogP contribution < -0.4 is 0 Å². The molecule has 0 N–H and O–H groups in total. The molecule has 3 unspecified atom stereocenters. The third-order valence-electron chi connectivity index (χ3n) is 5.07. The SMILES string of the molecule is Cc1cc(C)c(C)c(C2C3CCN(C3)[C@@H]2C)c1. The van der Waals surface area contributed by atoms with Crippen molar-refractivity contribution in [2.75, 3.05) is 13.1 Å². The first-order chi connectivity index (χ1) is 8.08. The molecule has 1 aromatic carbocycles. The Morgan fingerprint density at radius 2 is 1.94 bits per heavy atom. The molecule has 0 aromatic heterocycles. The maximum absolute atomic E-state index is 2.67. The van der Waals surface area contributed by atoms with E-state index in [0.29, 0.717) is 0 Å². The van der Waals surface area contributed by atoms with Gasteiger partial charge < -0.3 is 0 Å². The Morgan fingerprint density at radius 3 is 2.59 bits per heavy atom. The molecule has 2 aliphatic heterocycles. The van der Waals surface area contributed by atoms with Crippen molar-refractivity contribution in [3.8, 4) is 0 Å². The molecule has 1 nitrogen and oxygen atoms in total. The second-order valence-electron chi connectivity index (χ2n) is 6.11. The quantitative estimate of drug-likeness (QED) is 0.713.